The Morgan fingerprint density at radius 2 is 2.19 bits per heavy atom. The summed E-state index contributed by atoms with van der Waals surface area (Å²) in [6.07, 6.45) is 6.01. The third kappa shape index (κ3) is 4.12. The zero-order valence-electron chi connectivity index (χ0n) is 12.8. The average Bonchev–Trinajstić information content (AvgIpc) is 2.83. The number of alkyl halides is 1. The highest BCUT2D eigenvalue weighted by molar-refractivity contribution is 14.1. The van der Waals surface area contributed by atoms with Crippen molar-refractivity contribution in [2.45, 2.75) is 69.4 Å². The molecule has 5 heteroatoms. The van der Waals surface area contributed by atoms with Gasteiger partial charge in [0.25, 0.3) is 0 Å². The summed E-state index contributed by atoms with van der Waals surface area (Å²) in [5.74, 6) is 0.318. The highest BCUT2D eigenvalue weighted by atomic mass is 127. The molecular formula is C16H27IO4. The Morgan fingerprint density at radius 1 is 1.43 bits per heavy atom. The maximum absolute atomic E-state index is 9.50. The molecule has 0 radical (unpaired) electrons. The molecule has 0 aromatic carbocycles. The van der Waals surface area contributed by atoms with E-state index < -0.39 is 0 Å². The fourth-order valence-electron chi connectivity index (χ4n) is 3.46. The Hall–Kier alpha value is 0.150. The Bertz CT molecular complexity index is 362. The number of hydrogen-bond acceptors (Lipinski definition) is 4. The van der Waals surface area contributed by atoms with Crippen LogP contribution in [0.4, 0.5) is 0 Å². The molecule has 122 valence electrons. The van der Waals surface area contributed by atoms with E-state index in [9.17, 15) is 5.11 Å². The van der Waals surface area contributed by atoms with Gasteiger partial charge in [-0.1, -0.05) is 36.1 Å². The van der Waals surface area contributed by atoms with E-state index >= 15 is 0 Å². The fourth-order valence-corrected chi connectivity index (χ4v) is 4.44. The predicted molar refractivity (Wildman–Crippen MR) is 90.9 cm³/mol. The van der Waals surface area contributed by atoms with Crippen LogP contribution in [0.15, 0.2) is 12.3 Å². The number of hydrogen-bond donors (Lipinski definition) is 2. The lowest BCUT2D eigenvalue weighted by molar-refractivity contribution is -0.156. The normalized spacial score (nSPS) is 37.2. The Labute approximate surface area is 141 Å². The smallest absolute Gasteiger partial charge is 0.106 e. The van der Waals surface area contributed by atoms with E-state index in [1.165, 1.54) is 0 Å². The van der Waals surface area contributed by atoms with E-state index in [0.717, 1.165) is 43.0 Å². The van der Waals surface area contributed by atoms with E-state index in [1.54, 1.807) is 0 Å². The number of ether oxygens (including phenoxy) is 2. The fraction of sp³-hybridized carbons (Fsp3) is 0.875. The van der Waals surface area contributed by atoms with Crippen LogP contribution in [0.3, 0.4) is 0 Å². The Morgan fingerprint density at radius 3 is 2.81 bits per heavy atom. The minimum atomic E-state index is -0.180. The number of aliphatic hydroxyl groups excluding tert-OH is 2. The van der Waals surface area contributed by atoms with Gasteiger partial charge in [0, 0.05) is 23.4 Å². The van der Waals surface area contributed by atoms with Crippen molar-refractivity contribution in [3.8, 4) is 0 Å². The monoisotopic (exact) mass is 410 g/mol. The molecule has 0 saturated carbocycles. The Balaban J connectivity index is 1.96. The average molecular weight is 410 g/mol. The molecule has 0 aromatic rings. The molecule has 2 saturated heterocycles. The van der Waals surface area contributed by atoms with Crippen LogP contribution in [0.5, 0.6) is 0 Å². The molecule has 2 aliphatic heterocycles. The van der Waals surface area contributed by atoms with Gasteiger partial charge in [-0.2, -0.15) is 0 Å². The van der Waals surface area contributed by atoms with Gasteiger partial charge in [-0.3, -0.25) is 0 Å². The summed E-state index contributed by atoms with van der Waals surface area (Å²) in [7, 11) is 0. The lowest BCUT2D eigenvalue weighted by atomic mass is 9.86. The first-order valence-electron chi connectivity index (χ1n) is 7.88. The van der Waals surface area contributed by atoms with Gasteiger partial charge in [-0.25, -0.2) is 0 Å². The van der Waals surface area contributed by atoms with Crippen LogP contribution >= 0.6 is 22.6 Å². The topological polar surface area (TPSA) is 58.9 Å². The molecule has 5 atom stereocenters. The van der Waals surface area contributed by atoms with Gasteiger partial charge in [-0.05, 0) is 32.1 Å². The van der Waals surface area contributed by atoms with E-state index in [0.29, 0.717) is 0 Å². The van der Waals surface area contributed by atoms with Gasteiger partial charge in [-0.15, -0.1) is 0 Å². The van der Waals surface area contributed by atoms with Crippen molar-refractivity contribution in [1.29, 1.82) is 0 Å². The molecule has 21 heavy (non-hydrogen) atoms. The van der Waals surface area contributed by atoms with Crippen molar-refractivity contribution in [2.75, 3.05) is 11.0 Å². The first kappa shape index (κ1) is 17.5. The van der Waals surface area contributed by atoms with Gasteiger partial charge >= 0.3 is 0 Å². The zero-order valence-corrected chi connectivity index (χ0v) is 14.9. The standard InChI is InChI=1S/C16H27IO4/c1-11(12(2)19)8-13-5-6-15-16(10-17,21-13)9-14(20-15)4-3-7-18/h11,13-15,18-19H,2-10H2,1H3/t11-,13-,14+,15+,16-/m1/s1. The molecule has 0 unspecified atom stereocenters. The third-order valence-corrected chi connectivity index (χ3v) is 6.06. The van der Waals surface area contributed by atoms with Crippen molar-refractivity contribution in [2.24, 2.45) is 5.92 Å². The SMILES string of the molecule is C=C(O)[C@H](C)C[C@H]1CC[C@@H]2O[C@@H](CCCO)C[C@]2(CI)O1. The molecule has 4 nitrogen and oxygen atoms in total. The number of halogens is 1. The third-order valence-electron chi connectivity index (χ3n) is 4.76. The van der Waals surface area contributed by atoms with E-state index in [4.69, 9.17) is 14.6 Å². The molecule has 0 aromatic heterocycles. The molecule has 2 N–H and O–H groups in total. The predicted octanol–water partition coefficient (Wildman–Crippen LogP) is 3.37. The van der Waals surface area contributed by atoms with Crippen LogP contribution < -0.4 is 0 Å². The van der Waals surface area contributed by atoms with Crippen molar-refractivity contribution in [3.63, 3.8) is 0 Å². The summed E-state index contributed by atoms with van der Waals surface area (Å²) in [6.45, 7) is 5.83. The second-order valence-corrected chi connectivity index (χ2v) is 7.22. The van der Waals surface area contributed by atoms with Crippen molar-refractivity contribution < 1.29 is 19.7 Å². The molecule has 2 heterocycles. The minimum absolute atomic E-state index is 0.0744. The molecular weight excluding hydrogens is 383 g/mol. The quantitative estimate of drug-likeness (QED) is 0.384. The second kappa shape index (κ2) is 7.62. The largest absolute Gasteiger partial charge is 0.513 e. The zero-order chi connectivity index (χ0) is 15.5. The van der Waals surface area contributed by atoms with Gasteiger partial charge in [0.1, 0.15) is 5.60 Å². The van der Waals surface area contributed by atoms with Crippen LogP contribution in [0.1, 0.15) is 45.4 Å². The number of allylic oxidation sites excluding steroid dienone is 1. The van der Waals surface area contributed by atoms with Gasteiger partial charge in [0.05, 0.1) is 24.1 Å². The van der Waals surface area contributed by atoms with E-state index in [-0.39, 0.29) is 42.2 Å². The molecule has 2 fully saturated rings. The van der Waals surface area contributed by atoms with Crippen LogP contribution in [-0.4, -0.2) is 45.2 Å². The first-order valence-corrected chi connectivity index (χ1v) is 9.41. The summed E-state index contributed by atoms with van der Waals surface area (Å²) in [5.41, 5.74) is -0.180. The van der Waals surface area contributed by atoms with E-state index in [2.05, 4.69) is 29.2 Å². The summed E-state index contributed by atoms with van der Waals surface area (Å²) < 4.78 is 13.5. The Kier molecular flexibility index (Phi) is 6.35. The maximum Gasteiger partial charge on any atom is 0.106 e. The maximum atomic E-state index is 9.50. The number of rotatable bonds is 7. The van der Waals surface area contributed by atoms with Crippen LogP contribution in [0.2, 0.25) is 0 Å². The number of aliphatic hydroxyl groups is 2. The number of fused-ring (bicyclic) bond motifs is 1. The molecule has 0 bridgehead atoms. The lowest BCUT2D eigenvalue weighted by Gasteiger charge is -2.41. The highest BCUT2D eigenvalue weighted by Gasteiger charge is 2.52. The summed E-state index contributed by atoms with van der Waals surface area (Å²) in [5, 5.41) is 18.5. The molecule has 0 amide bonds. The molecule has 0 aliphatic carbocycles. The molecule has 2 aliphatic rings. The first-order chi connectivity index (χ1) is 10.0. The van der Waals surface area contributed by atoms with Crippen LogP contribution in [-0.2, 0) is 9.47 Å². The lowest BCUT2D eigenvalue weighted by Crippen LogP contribution is -2.50. The molecule has 2 rings (SSSR count). The van der Waals surface area contributed by atoms with E-state index in [1.807, 2.05) is 6.92 Å². The minimum Gasteiger partial charge on any atom is -0.513 e. The van der Waals surface area contributed by atoms with Gasteiger partial charge in [0.15, 0.2) is 0 Å². The second-order valence-electron chi connectivity index (χ2n) is 6.46. The molecule has 0 spiro atoms. The van der Waals surface area contributed by atoms with Crippen molar-refractivity contribution >= 4 is 22.6 Å². The van der Waals surface area contributed by atoms with Crippen molar-refractivity contribution in [3.05, 3.63) is 12.3 Å². The summed E-state index contributed by atoms with van der Waals surface area (Å²) in [4.78, 5) is 0. The summed E-state index contributed by atoms with van der Waals surface area (Å²) >= 11 is 2.40. The van der Waals surface area contributed by atoms with Gasteiger partial charge in [0.2, 0.25) is 0 Å². The van der Waals surface area contributed by atoms with Crippen LogP contribution in [0.25, 0.3) is 0 Å². The van der Waals surface area contributed by atoms with Gasteiger partial charge < -0.3 is 19.7 Å². The summed E-state index contributed by atoms with van der Waals surface area (Å²) in [6, 6.07) is 0. The van der Waals surface area contributed by atoms with Crippen molar-refractivity contribution in [1.82, 2.24) is 0 Å². The highest BCUT2D eigenvalue weighted by Crippen LogP contribution is 2.45. The van der Waals surface area contributed by atoms with Crippen LogP contribution in [0, 0.1) is 5.92 Å².